The Hall–Kier alpha value is -2.83. The van der Waals surface area contributed by atoms with Crippen LogP contribution in [0.2, 0.25) is 0 Å². The Morgan fingerprint density at radius 1 is 1.16 bits per heavy atom. The lowest BCUT2D eigenvalue weighted by molar-refractivity contribution is -0.137. The first-order chi connectivity index (χ1) is 17.7. The van der Waals surface area contributed by atoms with E-state index in [-0.39, 0.29) is 5.92 Å². The molecule has 0 spiro atoms. The second-order valence-electron chi connectivity index (χ2n) is 8.94. The first-order valence-corrected chi connectivity index (χ1v) is 13.6. The van der Waals surface area contributed by atoms with Gasteiger partial charge >= 0.3 is 6.18 Å². The molecule has 1 aliphatic heterocycles. The van der Waals surface area contributed by atoms with Gasteiger partial charge in [-0.25, -0.2) is 13.5 Å². The molecule has 1 N–H and O–H groups in total. The molecule has 37 heavy (non-hydrogen) atoms. The largest absolute Gasteiger partial charge is 0.416 e. The van der Waals surface area contributed by atoms with Gasteiger partial charge in [-0.2, -0.15) is 22.8 Å². The molecule has 1 unspecified atom stereocenters. The average molecular weight is 593 g/mol. The minimum Gasteiger partial charge on any atom is -0.366 e. The van der Waals surface area contributed by atoms with Gasteiger partial charge in [-0.15, -0.1) is 0 Å². The number of nitrogens with one attached hydrogen (secondary N) is 1. The summed E-state index contributed by atoms with van der Waals surface area (Å²) in [6.07, 6.45) is 2.27. The molecular formula is C25H24BrF3N6OS. The summed E-state index contributed by atoms with van der Waals surface area (Å²) in [6.45, 7) is 3.23. The van der Waals surface area contributed by atoms with E-state index in [9.17, 15) is 17.4 Å². The fourth-order valence-corrected chi connectivity index (χ4v) is 6.15. The van der Waals surface area contributed by atoms with Gasteiger partial charge in [0.25, 0.3) is 0 Å². The van der Waals surface area contributed by atoms with Crippen molar-refractivity contribution in [2.24, 2.45) is 0 Å². The summed E-state index contributed by atoms with van der Waals surface area (Å²) in [4.78, 5) is 9.42. The maximum atomic E-state index is 13.2. The Labute approximate surface area is 222 Å². The van der Waals surface area contributed by atoms with Crippen molar-refractivity contribution < 1.29 is 17.4 Å². The Kier molecular flexibility index (Phi) is 7.32. The number of hydrogen-bond donors (Lipinski definition) is 1. The van der Waals surface area contributed by atoms with Crippen molar-refractivity contribution in [1.82, 2.24) is 23.9 Å². The Balaban J connectivity index is 1.31. The van der Waals surface area contributed by atoms with Gasteiger partial charge in [-0.3, -0.25) is 4.98 Å². The molecule has 3 aromatic heterocycles. The van der Waals surface area contributed by atoms with E-state index in [2.05, 4.69) is 31.3 Å². The molecule has 0 saturated carbocycles. The number of fused-ring (bicyclic) bond motifs is 1. The fourth-order valence-electron chi connectivity index (χ4n) is 4.46. The van der Waals surface area contributed by atoms with Gasteiger partial charge in [0.15, 0.2) is 5.65 Å². The van der Waals surface area contributed by atoms with E-state index in [0.29, 0.717) is 35.7 Å². The number of rotatable bonds is 6. The lowest BCUT2D eigenvalue weighted by Gasteiger charge is -2.31. The summed E-state index contributed by atoms with van der Waals surface area (Å²) >= 11 is 3.53. The minimum absolute atomic E-state index is 0.146. The second kappa shape index (κ2) is 10.5. The van der Waals surface area contributed by atoms with E-state index in [1.807, 2.05) is 22.5 Å². The number of pyridine rings is 1. The van der Waals surface area contributed by atoms with Crippen LogP contribution in [0.5, 0.6) is 0 Å². The van der Waals surface area contributed by atoms with Crippen LogP contribution in [-0.2, 0) is 23.7 Å². The highest BCUT2D eigenvalue weighted by atomic mass is 79.9. The standard InChI is InChI=1S/C25H24BrF3N6OS/c1-16-11-19(25(27,28)29)4-5-22(16)37(36)34-9-6-18(7-10-34)21-12-23(31-14-17-3-2-8-30-13-17)35-24(33-21)20(26)15-32-35/h2-5,8,11-13,15,18,31H,6-7,9-10,14H2,1H3. The average Bonchev–Trinajstić information content (AvgIpc) is 3.27. The topological polar surface area (TPSA) is 75.4 Å². The highest BCUT2D eigenvalue weighted by molar-refractivity contribution is 9.10. The molecule has 5 rings (SSSR count). The first kappa shape index (κ1) is 25.8. The minimum atomic E-state index is -4.42. The lowest BCUT2D eigenvalue weighted by Crippen LogP contribution is -2.35. The maximum Gasteiger partial charge on any atom is 0.416 e. The molecule has 1 aliphatic rings. The van der Waals surface area contributed by atoms with Gasteiger partial charge in [0.05, 0.1) is 21.1 Å². The van der Waals surface area contributed by atoms with E-state index in [1.165, 1.54) is 6.07 Å². The van der Waals surface area contributed by atoms with Crippen LogP contribution in [0.25, 0.3) is 5.65 Å². The van der Waals surface area contributed by atoms with E-state index >= 15 is 0 Å². The summed E-state index contributed by atoms with van der Waals surface area (Å²) in [6, 6.07) is 9.26. The molecule has 194 valence electrons. The Bertz CT molecular complexity index is 1440. The third-order valence-electron chi connectivity index (χ3n) is 6.44. The summed E-state index contributed by atoms with van der Waals surface area (Å²) in [7, 11) is -1.53. The number of halogens is 4. The molecular weight excluding hydrogens is 569 g/mol. The second-order valence-corrected chi connectivity index (χ2v) is 11.2. The van der Waals surface area contributed by atoms with Crippen LogP contribution in [0, 0.1) is 6.92 Å². The van der Waals surface area contributed by atoms with Crippen LogP contribution in [-0.4, -0.2) is 41.2 Å². The number of hydrogen-bond acceptors (Lipinski definition) is 5. The van der Waals surface area contributed by atoms with Crippen molar-refractivity contribution >= 4 is 38.4 Å². The smallest absolute Gasteiger partial charge is 0.366 e. The molecule has 12 heteroatoms. The van der Waals surface area contributed by atoms with Crippen LogP contribution < -0.4 is 5.32 Å². The number of aromatic nitrogens is 4. The van der Waals surface area contributed by atoms with Crippen LogP contribution in [0.1, 0.15) is 41.1 Å². The van der Waals surface area contributed by atoms with Crippen LogP contribution in [0.4, 0.5) is 19.0 Å². The lowest BCUT2D eigenvalue weighted by atomic mass is 9.94. The summed E-state index contributed by atoms with van der Waals surface area (Å²) in [5, 5.41) is 7.85. The van der Waals surface area contributed by atoms with Gasteiger partial charge in [-0.1, -0.05) is 6.07 Å². The quantitative estimate of drug-likeness (QED) is 0.309. The highest BCUT2D eigenvalue weighted by Crippen LogP contribution is 2.34. The fraction of sp³-hybridized carbons (Fsp3) is 0.320. The van der Waals surface area contributed by atoms with Gasteiger partial charge in [0.1, 0.15) is 16.8 Å². The van der Waals surface area contributed by atoms with Crippen molar-refractivity contribution in [3.8, 4) is 0 Å². The third kappa shape index (κ3) is 5.55. The zero-order chi connectivity index (χ0) is 26.2. The first-order valence-electron chi connectivity index (χ1n) is 11.7. The van der Waals surface area contributed by atoms with Crippen LogP contribution >= 0.6 is 15.9 Å². The molecule has 4 aromatic rings. The number of benzene rings is 1. The van der Waals surface area contributed by atoms with Gasteiger partial charge in [0.2, 0.25) is 0 Å². The van der Waals surface area contributed by atoms with E-state index in [4.69, 9.17) is 4.98 Å². The molecule has 0 amide bonds. The van der Waals surface area contributed by atoms with Crippen molar-refractivity contribution in [3.05, 3.63) is 81.8 Å². The van der Waals surface area contributed by atoms with E-state index < -0.39 is 22.7 Å². The summed E-state index contributed by atoms with van der Waals surface area (Å²) < 4.78 is 56.6. The third-order valence-corrected chi connectivity index (χ3v) is 8.67. The molecule has 1 saturated heterocycles. The molecule has 7 nitrogen and oxygen atoms in total. The number of anilines is 1. The van der Waals surface area contributed by atoms with Gasteiger partial charge in [-0.05, 0) is 71.1 Å². The van der Waals surface area contributed by atoms with Crippen LogP contribution in [0.3, 0.4) is 0 Å². The zero-order valence-corrected chi connectivity index (χ0v) is 22.3. The monoisotopic (exact) mass is 592 g/mol. The van der Waals surface area contributed by atoms with Gasteiger partial charge < -0.3 is 5.32 Å². The van der Waals surface area contributed by atoms with Crippen molar-refractivity contribution in [3.63, 3.8) is 0 Å². The zero-order valence-electron chi connectivity index (χ0n) is 19.9. The van der Waals surface area contributed by atoms with Crippen molar-refractivity contribution in [2.45, 2.75) is 43.3 Å². The summed E-state index contributed by atoms with van der Waals surface area (Å²) in [5.74, 6) is 0.952. The maximum absolute atomic E-state index is 13.2. The Morgan fingerprint density at radius 2 is 1.95 bits per heavy atom. The molecule has 1 aromatic carbocycles. The molecule has 0 aliphatic carbocycles. The Morgan fingerprint density at radius 3 is 2.62 bits per heavy atom. The summed E-state index contributed by atoms with van der Waals surface area (Å²) in [5.41, 5.74) is 2.30. The van der Waals surface area contributed by atoms with Crippen molar-refractivity contribution in [1.29, 1.82) is 0 Å². The predicted molar refractivity (Wildman–Crippen MR) is 138 cm³/mol. The highest BCUT2D eigenvalue weighted by Gasteiger charge is 2.32. The molecule has 1 fully saturated rings. The van der Waals surface area contributed by atoms with Crippen molar-refractivity contribution in [2.75, 3.05) is 18.4 Å². The number of piperidine rings is 1. The van der Waals surface area contributed by atoms with Gasteiger partial charge in [0, 0.05) is 49.7 Å². The predicted octanol–water partition coefficient (Wildman–Crippen LogP) is 5.73. The van der Waals surface area contributed by atoms with E-state index in [0.717, 1.165) is 46.5 Å². The van der Waals surface area contributed by atoms with E-state index in [1.54, 1.807) is 30.0 Å². The molecule has 4 heterocycles. The molecule has 1 atom stereocenters. The molecule has 0 bridgehead atoms. The van der Waals surface area contributed by atoms with Crippen LogP contribution in [0.15, 0.2) is 64.4 Å². The number of aryl methyl sites for hydroxylation is 1. The number of nitrogens with zero attached hydrogens (tertiary/aromatic N) is 5. The molecule has 0 radical (unpaired) electrons. The number of alkyl halides is 3. The normalized spacial score (nSPS) is 16.2. The SMILES string of the molecule is Cc1cc(C(F)(F)F)ccc1S(=O)N1CCC(c2cc(NCc3cccnc3)n3ncc(Br)c3n2)CC1.